The minimum absolute atomic E-state index is 0.0373. The van der Waals surface area contributed by atoms with Crippen molar-refractivity contribution in [1.82, 2.24) is 9.80 Å². The van der Waals surface area contributed by atoms with E-state index in [0.29, 0.717) is 6.54 Å². The third-order valence-corrected chi connectivity index (χ3v) is 5.14. The molecule has 0 bridgehead atoms. The van der Waals surface area contributed by atoms with E-state index in [1.54, 1.807) is 0 Å². The van der Waals surface area contributed by atoms with E-state index in [4.69, 9.17) is 4.74 Å². The van der Waals surface area contributed by atoms with E-state index in [0.717, 1.165) is 25.9 Å². The third-order valence-electron chi connectivity index (χ3n) is 5.14. The number of aliphatic hydroxyl groups is 1. The number of methoxy groups -OCH3 is 1. The molecule has 25 heavy (non-hydrogen) atoms. The average Bonchev–Trinajstić information content (AvgIpc) is 3.03. The zero-order valence-electron chi connectivity index (χ0n) is 14.6. The van der Waals surface area contributed by atoms with Crippen molar-refractivity contribution in [2.24, 2.45) is 5.92 Å². The number of β-amino-alcohol motifs (C(OH)–C–C–N with tert-alkyl or cyclic N) is 1. The van der Waals surface area contributed by atoms with Gasteiger partial charge in [-0.15, -0.1) is 0 Å². The van der Waals surface area contributed by atoms with Crippen LogP contribution in [0.1, 0.15) is 24.8 Å². The van der Waals surface area contributed by atoms with Crippen LogP contribution in [0.4, 0.5) is 0 Å². The molecule has 2 fully saturated rings. The Labute approximate surface area is 148 Å². The summed E-state index contributed by atoms with van der Waals surface area (Å²) in [4.78, 5) is 28.7. The smallest absolute Gasteiger partial charge is 0.328 e. The van der Waals surface area contributed by atoms with Crippen LogP contribution in [0.25, 0.3) is 0 Å². The summed E-state index contributed by atoms with van der Waals surface area (Å²) in [5, 5.41) is 9.90. The highest BCUT2D eigenvalue weighted by Crippen LogP contribution is 2.26. The number of aliphatic hydroxyl groups excluding tert-OH is 1. The van der Waals surface area contributed by atoms with Crippen LogP contribution in [0.15, 0.2) is 30.3 Å². The number of carbonyl (C=O) groups excluding carboxylic acids is 2. The standard InChI is InChI=1S/C19H26N2O4/c1-25-19(24)17-10-16(22)13-21(17)18(23)15-8-5-9-20(12-15)11-14-6-3-2-4-7-14/h2-4,6-7,15-17,22H,5,8-13H2,1H3/t15?,16-,17+/m1/s1. The van der Waals surface area contributed by atoms with Crippen molar-refractivity contribution in [1.29, 1.82) is 0 Å². The lowest BCUT2D eigenvalue weighted by atomic mass is 9.95. The highest BCUT2D eigenvalue weighted by atomic mass is 16.5. The molecule has 0 aromatic heterocycles. The van der Waals surface area contributed by atoms with Crippen LogP contribution in [0.2, 0.25) is 0 Å². The second kappa shape index (κ2) is 7.97. The van der Waals surface area contributed by atoms with Crippen LogP contribution >= 0.6 is 0 Å². The maximum Gasteiger partial charge on any atom is 0.328 e. The van der Waals surface area contributed by atoms with Crippen molar-refractivity contribution < 1.29 is 19.4 Å². The van der Waals surface area contributed by atoms with E-state index >= 15 is 0 Å². The van der Waals surface area contributed by atoms with Gasteiger partial charge in [0.15, 0.2) is 0 Å². The van der Waals surface area contributed by atoms with E-state index in [9.17, 15) is 14.7 Å². The first-order valence-electron chi connectivity index (χ1n) is 8.91. The van der Waals surface area contributed by atoms with Gasteiger partial charge < -0.3 is 14.7 Å². The highest BCUT2D eigenvalue weighted by molar-refractivity contribution is 5.86. The molecule has 1 N–H and O–H groups in total. The van der Waals surface area contributed by atoms with E-state index in [1.807, 2.05) is 18.2 Å². The van der Waals surface area contributed by atoms with Gasteiger partial charge in [0.2, 0.25) is 5.91 Å². The molecule has 1 aromatic rings. The van der Waals surface area contributed by atoms with E-state index in [2.05, 4.69) is 17.0 Å². The lowest BCUT2D eigenvalue weighted by Gasteiger charge is -2.35. The zero-order chi connectivity index (χ0) is 17.8. The summed E-state index contributed by atoms with van der Waals surface area (Å²) >= 11 is 0. The van der Waals surface area contributed by atoms with Crippen LogP contribution in [0.5, 0.6) is 0 Å². The molecule has 0 saturated carbocycles. The second-order valence-corrected chi connectivity index (χ2v) is 6.98. The molecule has 1 aromatic carbocycles. The van der Waals surface area contributed by atoms with Crippen molar-refractivity contribution in [3.05, 3.63) is 35.9 Å². The highest BCUT2D eigenvalue weighted by Gasteiger charge is 2.42. The molecule has 0 spiro atoms. The largest absolute Gasteiger partial charge is 0.467 e. The van der Waals surface area contributed by atoms with Gasteiger partial charge in [-0.25, -0.2) is 4.79 Å². The SMILES string of the molecule is COC(=O)[C@@H]1C[C@@H](O)CN1C(=O)C1CCCN(Cc2ccccc2)C1. The molecule has 136 valence electrons. The Morgan fingerprint density at radius 1 is 1.24 bits per heavy atom. The topological polar surface area (TPSA) is 70.1 Å². The quantitative estimate of drug-likeness (QED) is 0.825. The first-order chi connectivity index (χ1) is 12.1. The van der Waals surface area contributed by atoms with Gasteiger partial charge in [0.25, 0.3) is 0 Å². The van der Waals surface area contributed by atoms with Gasteiger partial charge in [0.1, 0.15) is 6.04 Å². The minimum atomic E-state index is -0.656. The summed E-state index contributed by atoms with van der Waals surface area (Å²) in [6, 6.07) is 9.57. The van der Waals surface area contributed by atoms with Crippen LogP contribution in [0, 0.1) is 5.92 Å². The summed E-state index contributed by atoms with van der Waals surface area (Å²) in [5.74, 6) is -0.610. The van der Waals surface area contributed by atoms with Gasteiger partial charge in [-0.1, -0.05) is 30.3 Å². The molecule has 2 aliphatic rings. The second-order valence-electron chi connectivity index (χ2n) is 6.98. The van der Waals surface area contributed by atoms with Crippen LogP contribution in [0.3, 0.4) is 0 Å². The molecule has 2 aliphatic heterocycles. The van der Waals surface area contributed by atoms with Crippen LogP contribution < -0.4 is 0 Å². The lowest BCUT2D eigenvalue weighted by Crippen LogP contribution is -2.48. The summed E-state index contributed by atoms with van der Waals surface area (Å²) in [7, 11) is 1.32. The Morgan fingerprint density at radius 3 is 2.72 bits per heavy atom. The van der Waals surface area contributed by atoms with Crippen molar-refractivity contribution in [2.45, 2.75) is 38.0 Å². The number of carbonyl (C=O) groups is 2. The van der Waals surface area contributed by atoms with Crippen molar-refractivity contribution in [3.8, 4) is 0 Å². The zero-order valence-corrected chi connectivity index (χ0v) is 14.6. The molecule has 1 unspecified atom stereocenters. The van der Waals surface area contributed by atoms with Crippen molar-refractivity contribution in [3.63, 3.8) is 0 Å². The molecule has 6 heteroatoms. The summed E-state index contributed by atoms with van der Waals surface area (Å²) < 4.78 is 4.80. The van der Waals surface area contributed by atoms with Crippen LogP contribution in [-0.2, 0) is 20.9 Å². The first kappa shape index (κ1) is 17.9. The molecule has 2 heterocycles. The van der Waals surface area contributed by atoms with Gasteiger partial charge in [-0.05, 0) is 24.9 Å². The Hall–Kier alpha value is -1.92. The fourth-order valence-electron chi connectivity index (χ4n) is 3.89. The molecule has 0 radical (unpaired) electrons. The maximum absolute atomic E-state index is 13.0. The normalized spacial score (nSPS) is 27.3. The Morgan fingerprint density at radius 2 is 2.00 bits per heavy atom. The number of esters is 1. The summed E-state index contributed by atoms with van der Waals surface area (Å²) in [5.41, 5.74) is 1.24. The Bertz CT molecular complexity index is 607. The Balaban J connectivity index is 1.64. The van der Waals surface area contributed by atoms with Crippen molar-refractivity contribution >= 4 is 11.9 Å². The molecular weight excluding hydrogens is 320 g/mol. The fourth-order valence-corrected chi connectivity index (χ4v) is 3.89. The number of nitrogens with zero attached hydrogens (tertiary/aromatic N) is 2. The molecule has 6 nitrogen and oxygen atoms in total. The average molecular weight is 346 g/mol. The van der Waals surface area contributed by atoms with E-state index in [-0.39, 0.29) is 24.8 Å². The predicted octanol–water partition coefficient (Wildman–Crippen LogP) is 1.03. The molecule has 2 saturated heterocycles. The molecule has 0 aliphatic carbocycles. The summed E-state index contributed by atoms with van der Waals surface area (Å²) in [6.45, 7) is 2.71. The lowest BCUT2D eigenvalue weighted by molar-refractivity contribution is -0.153. The molecule has 3 rings (SSSR count). The molecule has 3 atom stereocenters. The molecular formula is C19H26N2O4. The number of hydrogen-bond acceptors (Lipinski definition) is 5. The number of rotatable bonds is 4. The maximum atomic E-state index is 13.0. The number of hydrogen-bond donors (Lipinski definition) is 1. The van der Waals surface area contributed by atoms with Gasteiger partial charge in [0.05, 0.1) is 19.1 Å². The number of ether oxygens (including phenoxy) is 1. The fraction of sp³-hybridized carbons (Fsp3) is 0.579. The Kier molecular flexibility index (Phi) is 5.71. The van der Waals surface area contributed by atoms with Crippen molar-refractivity contribution in [2.75, 3.05) is 26.7 Å². The van der Waals surface area contributed by atoms with Gasteiger partial charge in [-0.3, -0.25) is 9.69 Å². The van der Waals surface area contributed by atoms with Gasteiger partial charge in [-0.2, -0.15) is 0 Å². The number of likely N-dealkylation sites (tertiary alicyclic amines) is 2. The van der Waals surface area contributed by atoms with Gasteiger partial charge in [0, 0.05) is 26.1 Å². The number of piperidine rings is 1. The predicted molar refractivity (Wildman–Crippen MR) is 92.6 cm³/mol. The number of amides is 1. The first-order valence-corrected chi connectivity index (χ1v) is 8.91. The third kappa shape index (κ3) is 4.19. The minimum Gasteiger partial charge on any atom is -0.467 e. The monoisotopic (exact) mass is 346 g/mol. The van der Waals surface area contributed by atoms with Crippen LogP contribution in [-0.4, -0.2) is 65.7 Å². The molecule has 1 amide bonds. The van der Waals surface area contributed by atoms with E-state index in [1.165, 1.54) is 17.6 Å². The summed E-state index contributed by atoms with van der Waals surface area (Å²) in [6.07, 6.45) is 1.39. The van der Waals surface area contributed by atoms with Gasteiger partial charge >= 0.3 is 5.97 Å². The van der Waals surface area contributed by atoms with E-state index < -0.39 is 18.1 Å². The number of benzene rings is 1.